The number of anilines is 1. The lowest BCUT2D eigenvalue weighted by molar-refractivity contribution is -0.119. The summed E-state index contributed by atoms with van der Waals surface area (Å²) in [6.07, 6.45) is 2.64. The van der Waals surface area contributed by atoms with Gasteiger partial charge in [0.15, 0.2) is 11.5 Å². The van der Waals surface area contributed by atoms with Crippen molar-refractivity contribution in [1.82, 2.24) is 5.32 Å². The van der Waals surface area contributed by atoms with E-state index >= 15 is 0 Å². The van der Waals surface area contributed by atoms with Gasteiger partial charge in [-0.2, -0.15) is 0 Å². The number of aryl methyl sites for hydroxylation is 1. The molecule has 8 nitrogen and oxygen atoms in total. The summed E-state index contributed by atoms with van der Waals surface area (Å²) in [5.41, 5.74) is 1.43. The predicted octanol–water partition coefficient (Wildman–Crippen LogP) is 3.01. The molecule has 0 unspecified atom stereocenters. The molecule has 0 spiro atoms. The highest BCUT2D eigenvalue weighted by Gasteiger charge is 2.22. The molecule has 0 saturated carbocycles. The topological polar surface area (TPSA) is 94.2 Å². The van der Waals surface area contributed by atoms with Gasteiger partial charge < -0.3 is 19.5 Å². The Morgan fingerprint density at radius 1 is 1.06 bits per heavy atom. The van der Waals surface area contributed by atoms with Crippen LogP contribution in [0, 0.1) is 0 Å². The number of methoxy groups -OCH3 is 2. The zero-order valence-electron chi connectivity index (χ0n) is 19.3. The first-order chi connectivity index (χ1) is 15.1. The molecule has 0 fully saturated rings. The Morgan fingerprint density at radius 3 is 2.41 bits per heavy atom. The van der Waals surface area contributed by atoms with Gasteiger partial charge in [0.2, 0.25) is 15.9 Å². The van der Waals surface area contributed by atoms with Gasteiger partial charge in [0.1, 0.15) is 12.3 Å². The summed E-state index contributed by atoms with van der Waals surface area (Å²) in [6.45, 7) is 4.05. The molecule has 2 rings (SSSR count). The lowest BCUT2D eigenvalue weighted by Gasteiger charge is -2.23. The van der Waals surface area contributed by atoms with E-state index in [4.69, 9.17) is 14.2 Å². The molecule has 0 heterocycles. The van der Waals surface area contributed by atoms with Gasteiger partial charge in [0.25, 0.3) is 0 Å². The monoisotopic (exact) mass is 464 g/mol. The van der Waals surface area contributed by atoms with Crippen molar-refractivity contribution in [2.45, 2.75) is 32.8 Å². The Bertz CT molecular complexity index is 1010. The van der Waals surface area contributed by atoms with E-state index in [1.165, 1.54) is 20.3 Å². The molecule has 0 atom stereocenters. The molecule has 1 N–H and O–H groups in total. The first-order valence-corrected chi connectivity index (χ1v) is 12.2. The van der Waals surface area contributed by atoms with Gasteiger partial charge in [-0.25, -0.2) is 8.42 Å². The van der Waals surface area contributed by atoms with Gasteiger partial charge in [-0.3, -0.25) is 9.10 Å². The summed E-state index contributed by atoms with van der Waals surface area (Å²) in [7, 11) is -0.729. The van der Waals surface area contributed by atoms with Crippen LogP contribution in [0.5, 0.6) is 17.2 Å². The number of nitrogens with zero attached hydrogens (tertiary/aromatic N) is 1. The predicted molar refractivity (Wildman–Crippen MR) is 125 cm³/mol. The maximum absolute atomic E-state index is 12.4. The number of hydrogen-bond acceptors (Lipinski definition) is 6. The summed E-state index contributed by atoms with van der Waals surface area (Å²) in [6, 6.07) is 12.6. The fourth-order valence-electron chi connectivity index (χ4n) is 3.13. The highest BCUT2D eigenvalue weighted by atomic mass is 32.2. The van der Waals surface area contributed by atoms with Crippen molar-refractivity contribution in [3.05, 3.63) is 48.0 Å². The first kappa shape index (κ1) is 25.3. The number of hydrogen-bond donors (Lipinski definition) is 1. The van der Waals surface area contributed by atoms with E-state index in [0.29, 0.717) is 30.2 Å². The summed E-state index contributed by atoms with van der Waals surface area (Å²) in [5.74, 6) is 1.28. The minimum Gasteiger partial charge on any atom is -0.493 e. The molecule has 176 valence electrons. The van der Waals surface area contributed by atoms with E-state index in [2.05, 4.69) is 5.32 Å². The fraction of sp³-hybridized carbons (Fsp3) is 0.435. The van der Waals surface area contributed by atoms with Gasteiger partial charge in [-0.15, -0.1) is 0 Å². The highest BCUT2D eigenvalue weighted by molar-refractivity contribution is 7.92. The van der Waals surface area contributed by atoms with Crippen LogP contribution in [0.15, 0.2) is 42.5 Å². The van der Waals surface area contributed by atoms with Crippen LogP contribution in [-0.4, -0.2) is 54.0 Å². The Labute approximate surface area is 190 Å². The van der Waals surface area contributed by atoms with Crippen LogP contribution in [-0.2, 0) is 21.2 Å². The van der Waals surface area contributed by atoms with Gasteiger partial charge in [-0.1, -0.05) is 12.1 Å². The Balaban J connectivity index is 1.95. The SMILES string of the molecule is COc1ccc(N(CC(=O)NCCCc2cccc(OC(C)C)c2)S(C)(=O)=O)cc1OC. The third-order valence-corrected chi connectivity index (χ3v) is 5.72. The zero-order chi connectivity index (χ0) is 23.7. The number of carbonyl (C=O) groups excluding carboxylic acids is 1. The van der Waals surface area contributed by atoms with E-state index < -0.39 is 10.0 Å². The molecule has 0 bridgehead atoms. The van der Waals surface area contributed by atoms with Crippen molar-refractivity contribution in [1.29, 1.82) is 0 Å². The molecule has 2 aromatic rings. The van der Waals surface area contributed by atoms with Gasteiger partial charge in [0.05, 0.1) is 32.3 Å². The van der Waals surface area contributed by atoms with E-state index in [0.717, 1.165) is 28.3 Å². The third-order valence-electron chi connectivity index (χ3n) is 4.58. The average Bonchev–Trinajstić information content (AvgIpc) is 2.73. The van der Waals surface area contributed by atoms with Crippen LogP contribution < -0.4 is 23.8 Å². The Kier molecular flexibility index (Phi) is 9.19. The number of nitrogens with one attached hydrogen (secondary N) is 1. The van der Waals surface area contributed by atoms with E-state index in [1.54, 1.807) is 12.1 Å². The number of rotatable bonds is 12. The Morgan fingerprint density at radius 2 is 1.78 bits per heavy atom. The fourth-order valence-corrected chi connectivity index (χ4v) is 3.98. The summed E-state index contributed by atoms with van der Waals surface area (Å²) in [4.78, 5) is 12.4. The Hall–Kier alpha value is -2.94. The summed E-state index contributed by atoms with van der Waals surface area (Å²) in [5, 5.41) is 2.79. The normalized spacial score (nSPS) is 11.2. The number of sulfonamides is 1. The summed E-state index contributed by atoms with van der Waals surface area (Å²) >= 11 is 0. The van der Waals surface area contributed by atoms with Gasteiger partial charge in [0, 0.05) is 12.6 Å². The van der Waals surface area contributed by atoms with Crippen molar-refractivity contribution in [2.24, 2.45) is 0 Å². The number of ether oxygens (including phenoxy) is 3. The standard InChI is InChI=1S/C23H32N2O6S/c1-17(2)31-20-10-6-8-18(14-20)9-7-13-24-23(26)16-25(32(5,27)28)19-11-12-21(29-3)22(15-19)30-4/h6,8,10-12,14-15,17H,7,9,13,16H2,1-5H3,(H,24,26). The van der Waals surface area contributed by atoms with Gasteiger partial charge in [-0.05, 0) is 56.5 Å². The minimum absolute atomic E-state index is 0.105. The maximum atomic E-state index is 12.4. The third kappa shape index (κ3) is 7.64. The maximum Gasteiger partial charge on any atom is 0.240 e. The average molecular weight is 465 g/mol. The second kappa shape index (κ2) is 11.6. The van der Waals surface area contributed by atoms with E-state index in [-0.39, 0.29) is 18.6 Å². The van der Waals surface area contributed by atoms with Crippen molar-refractivity contribution in [3.8, 4) is 17.2 Å². The molecule has 32 heavy (non-hydrogen) atoms. The lowest BCUT2D eigenvalue weighted by atomic mass is 10.1. The van der Waals surface area contributed by atoms with Crippen LogP contribution in [0.1, 0.15) is 25.8 Å². The summed E-state index contributed by atoms with van der Waals surface area (Å²) < 4.78 is 41.8. The second-order valence-electron chi connectivity index (χ2n) is 7.58. The molecule has 1 amide bonds. The number of amides is 1. The first-order valence-electron chi connectivity index (χ1n) is 10.4. The molecule has 2 aromatic carbocycles. The molecule has 0 aliphatic carbocycles. The zero-order valence-corrected chi connectivity index (χ0v) is 20.1. The number of carbonyl (C=O) groups is 1. The molecule has 9 heteroatoms. The van der Waals surface area contributed by atoms with Crippen molar-refractivity contribution in [2.75, 3.05) is 37.9 Å². The minimum atomic E-state index is -3.68. The quantitative estimate of drug-likeness (QED) is 0.486. The molecule has 0 saturated heterocycles. The van der Waals surface area contributed by atoms with Crippen LogP contribution in [0.4, 0.5) is 5.69 Å². The molecule has 0 aliphatic rings. The van der Waals surface area contributed by atoms with Gasteiger partial charge >= 0.3 is 0 Å². The molecule has 0 radical (unpaired) electrons. The van der Waals surface area contributed by atoms with Crippen LogP contribution in [0.3, 0.4) is 0 Å². The van der Waals surface area contributed by atoms with Crippen molar-refractivity contribution >= 4 is 21.6 Å². The van der Waals surface area contributed by atoms with Crippen LogP contribution in [0.25, 0.3) is 0 Å². The second-order valence-corrected chi connectivity index (χ2v) is 9.48. The van der Waals surface area contributed by atoms with Crippen LogP contribution >= 0.6 is 0 Å². The lowest BCUT2D eigenvalue weighted by Crippen LogP contribution is -2.40. The van der Waals surface area contributed by atoms with Crippen molar-refractivity contribution < 1.29 is 27.4 Å². The number of benzene rings is 2. The van der Waals surface area contributed by atoms with Crippen molar-refractivity contribution in [3.63, 3.8) is 0 Å². The van der Waals surface area contributed by atoms with E-state index in [9.17, 15) is 13.2 Å². The highest BCUT2D eigenvalue weighted by Crippen LogP contribution is 2.32. The molecule has 0 aliphatic heterocycles. The van der Waals surface area contributed by atoms with E-state index in [1.807, 2.05) is 38.1 Å². The van der Waals surface area contributed by atoms with Crippen LogP contribution in [0.2, 0.25) is 0 Å². The molecular weight excluding hydrogens is 432 g/mol. The largest absolute Gasteiger partial charge is 0.493 e. The molecular formula is C23H32N2O6S. The molecule has 0 aromatic heterocycles. The smallest absolute Gasteiger partial charge is 0.240 e.